The summed E-state index contributed by atoms with van der Waals surface area (Å²) in [7, 11) is 1.84. The molecule has 2 amide bonds. The molecule has 1 aliphatic rings. The van der Waals surface area contributed by atoms with Gasteiger partial charge in [-0.25, -0.2) is 0 Å². The van der Waals surface area contributed by atoms with E-state index < -0.39 is 0 Å². The Morgan fingerprint density at radius 2 is 2.43 bits per heavy atom. The number of hydrogen-bond acceptors (Lipinski definition) is 4. The molecule has 3 rings (SSSR count). The summed E-state index contributed by atoms with van der Waals surface area (Å²) in [5.41, 5.74) is 0. The third kappa shape index (κ3) is 2.97. The van der Waals surface area contributed by atoms with Gasteiger partial charge in [-0.3, -0.25) is 9.59 Å². The van der Waals surface area contributed by atoms with Crippen LogP contribution in [0.3, 0.4) is 0 Å². The molecule has 0 aromatic carbocycles. The van der Waals surface area contributed by atoms with Gasteiger partial charge < -0.3 is 13.9 Å². The van der Waals surface area contributed by atoms with Gasteiger partial charge in [-0.15, -0.1) is 11.3 Å². The second kappa shape index (κ2) is 5.69. The van der Waals surface area contributed by atoms with E-state index in [2.05, 4.69) is 4.99 Å². The summed E-state index contributed by atoms with van der Waals surface area (Å²) < 4.78 is 7.03. The largest absolute Gasteiger partial charge is 0.467 e. The minimum Gasteiger partial charge on any atom is -0.467 e. The summed E-state index contributed by atoms with van der Waals surface area (Å²) in [6.45, 7) is 0.805. The first-order chi connectivity index (χ1) is 10.1. The lowest BCUT2D eigenvalue weighted by atomic mass is 10.1. The molecule has 0 N–H and O–H groups in total. The Labute approximate surface area is 125 Å². The molecule has 0 radical (unpaired) electrons. The summed E-state index contributed by atoms with van der Waals surface area (Å²) in [6, 6.07) is 3.60. The lowest BCUT2D eigenvalue weighted by Gasteiger charge is -2.13. The highest BCUT2D eigenvalue weighted by Gasteiger charge is 2.34. The number of thiazole rings is 1. The summed E-state index contributed by atoms with van der Waals surface area (Å²) >= 11 is 1.40. The van der Waals surface area contributed by atoms with Gasteiger partial charge in [0, 0.05) is 31.6 Å². The van der Waals surface area contributed by atoms with Crippen molar-refractivity contribution in [2.45, 2.75) is 13.0 Å². The predicted molar refractivity (Wildman–Crippen MR) is 76.1 cm³/mol. The van der Waals surface area contributed by atoms with Crippen LogP contribution in [0.25, 0.3) is 0 Å². The summed E-state index contributed by atoms with van der Waals surface area (Å²) in [4.78, 5) is 30.6. The van der Waals surface area contributed by atoms with Crippen molar-refractivity contribution in [1.29, 1.82) is 0 Å². The minimum atomic E-state index is -0.366. The van der Waals surface area contributed by atoms with Crippen molar-refractivity contribution in [2.75, 3.05) is 6.54 Å². The third-order valence-corrected chi connectivity index (χ3v) is 4.30. The maximum Gasteiger partial charge on any atom is 0.253 e. The average molecular weight is 305 g/mol. The van der Waals surface area contributed by atoms with Gasteiger partial charge in [0.15, 0.2) is 4.80 Å². The van der Waals surface area contributed by atoms with E-state index >= 15 is 0 Å². The van der Waals surface area contributed by atoms with Crippen molar-refractivity contribution < 1.29 is 14.0 Å². The molecule has 3 heterocycles. The zero-order valence-corrected chi connectivity index (χ0v) is 12.4. The number of hydrogen-bond donors (Lipinski definition) is 0. The first-order valence-electron chi connectivity index (χ1n) is 6.62. The number of nitrogens with zero attached hydrogens (tertiary/aromatic N) is 3. The van der Waals surface area contributed by atoms with Gasteiger partial charge in [0.05, 0.1) is 18.7 Å². The van der Waals surface area contributed by atoms with Gasteiger partial charge in [-0.05, 0) is 12.1 Å². The fourth-order valence-electron chi connectivity index (χ4n) is 2.30. The van der Waals surface area contributed by atoms with E-state index in [9.17, 15) is 9.59 Å². The number of likely N-dealkylation sites (tertiary alicyclic amines) is 1. The Morgan fingerprint density at radius 1 is 1.57 bits per heavy atom. The smallest absolute Gasteiger partial charge is 0.253 e. The van der Waals surface area contributed by atoms with Crippen molar-refractivity contribution in [3.8, 4) is 0 Å². The third-order valence-electron chi connectivity index (χ3n) is 3.46. The zero-order chi connectivity index (χ0) is 14.8. The van der Waals surface area contributed by atoms with Crippen LogP contribution in [0.5, 0.6) is 0 Å². The van der Waals surface area contributed by atoms with E-state index in [1.807, 2.05) is 24.7 Å². The molecular weight excluding hydrogens is 290 g/mol. The quantitative estimate of drug-likeness (QED) is 0.854. The molecule has 2 aromatic rings. The van der Waals surface area contributed by atoms with Crippen LogP contribution < -0.4 is 4.80 Å². The van der Waals surface area contributed by atoms with Gasteiger partial charge in [0.25, 0.3) is 5.91 Å². The number of aryl methyl sites for hydroxylation is 1. The Kier molecular flexibility index (Phi) is 3.74. The first-order valence-corrected chi connectivity index (χ1v) is 7.50. The van der Waals surface area contributed by atoms with Crippen molar-refractivity contribution >= 4 is 23.2 Å². The number of furan rings is 1. The summed E-state index contributed by atoms with van der Waals surface area (Å²) in [5.74, 6) is 0.0893. The van der Waals surface area contributed by atoms with Gasteiger partial charge in [-0.2, -0.15) is 4.99 Å². The average Bonchev–Trinajstić information content (AvgIpc) is 3.16. The molecule has 0 bridgehead atoms. The second-order valence-electron chi connectivity index (χ2n) is 5.00. The van der Waals surface area contributed by atoms with Crippen molar-refractivity contribution in [1.82, 2.24) is 9.47 Å². The Bertz CT molecular complexity index is 714. The molecule has 0 spiro atoms. The van der Waals surface area contributed by atoms with E-state index in [0.717, 1.165) is 5.76 Å². The summed E-state index contributed by atoms with van der Waals surface area (Å²) in [5, 5.41) is 1.87. The van der Waals surface area contributed by atoms with Crippen LogP contribution in [0.2, 0.25) is 0 Å². The van der Waals surface area contributed by atoms with E-state index in [0.29, 0.717) is 17.9 Å². The van der Waals surface area contributed by atoms with Gasteiger partial charge >= 0.3 is 0 Å². The topological polar surface area (TPSA) is 67.8 Å². The highest BCUT2D eigenvalue weighted by atomic mass is 32.1. The molecule has 0 saturated carbocycles. The number of rotatable bonds is 3. The highest BCUT2D eigenvalue weighted by molar-refractivity contribution is 7.07. The second-order valence-corrected chi connectivity index (χ2v) is 5.87. The van der Waals surface area contributed by atoms with Crippen LogP contribution in [0.15, 0.2) is 39.4 Å². The van der Waals surface area contributed by atoms with E-state index in [1.54, 1.807) is 21.8 Å². The van der Waals surface area contributed by atoms with Gasteiger partial charge in [0.2, 0.25) is 5.91 Å². The van der Waals surface area contributed by atoms with Crippen LogP contribution in [-0.4, -0.2) is 27.8 Å². The van der Waals surface area contributed by atoms with Gasteiger partial charge in [-0.1, -0.05) is 0 Å². The molecule has 1 atom stereocenters. The Hall–Kier alpha value is -2.15. The van der Waals surface area contributed by atoms with Crippen molar-refractivity contribution in [3.63, 3.8) is 0 Å². The Morgan fingerprint density at radius 3 is 3.10 bits per heavy atom. The molecule has 110 valence electrons. The molecule has 1 aliphatic heterocycles. The number of carbonyl (C=O) groups is 2. The van der Waals surface area contributed by atoms with Crippen LogP contribution in [0, 0.1) is 5.92 Å². The maximum atomic E-state index is 12.2. The SMILES string of the molecule is Cn1ccsc1=NC(=O)C1CC(=O)N(Cc2ccco2)C1. The van der Waals surface area contributed by atoms with E-state index in [4.69, 9.17) is 4.42 Å². The molecule has 1 saturated heterocycles. The lowest BCUT2D eigenvalue weighted by Crippen LogP contribution is -2.25. The monoisotopic (exact) mass is 305 g/mol. The predicted octanol–water partition coefficient (Wildman–Crippen LogP) is 1.16. The minimum absolute atomic E-state index is 0.0319. The lowest BCUT2D eigenvalue weighted by molar-refractivity contribution is -0.129. The fraction of sp³-hybridized carbons (Fsp3) is 0.357. The molecule has 0 aliphatic carbocycles. The molecular formula is C14H15N3O3S. The van der Waals surface area contributed by atoms with Crippen LogP contribution in [-0.2, 0) is 23.2 Å². The summed E-state index contributed by atoms with van der Waals surface area (Å²) in [6.07, 6.45) is 3.64. The van der Waals surface area contributed by atoms with Crippen molar-refractivity contribution in [2.24, 2.45) is 18.0 Å². The highest BCUT2D eigenvalue weighted by Crippen LogP contribution is 2.21. The zero-order valence-electron chi connectivity index (χ0n) is 11.6. The Balaban J connectivity index is 1.70. The molecule has 21 heavy (non-hydrogen) atoms. The first kappa shape index (κ1) is 13.8. The van der Waals surface area contributed by atoms with Crippen LogP contribution in [0.4, 0.5) is 0 Å². The molecule has 7 heteroatoms. The van der Waals surface area contributed by atoms with Crippen LogP contribution in [0.1, 0.15) is 12.2 Å². The molecule has 2 aromatic heterocycles. The van der Waals surface area contributed by atoms with E-state index in [1.165, 1.54) is 11.3 Å². The number of amides is 2. The number of carbonyl (C=O) groups excluding carboxylic acids is 2. The van der Waals surface area contributed by atoms with Gasteiger partial charge in [0.1, 0.15) is 5.76 Å². The van der Waals surface area contributed by atoms with E-state index in [-0.39, 0.29) is 24.2 Å². The number of aromatic nitrogens is 1. The molecule has 1 unspecified atom stereocenters. The van der Waals surface area contributed by atoms with Crippen molar-refractivity contribution in [3.05, 3.63) is 40.5 Å². The normalized spacial score (nSPS) is 19.5. The molecule has 1 fully saturated rings. The standard InChI is InChI=1S/C14H15N3O3S/c1-16-4-6-21-14(16)15-13(19)10-7-12(18)17(8-10)9-11-3-2-5-20-11/h2-6,10H,7-9H2,1H3. The van der Waals surface area contributed by atoms with Crippen LogP contribution >= 0.6 is 11.3 Å². The maximum absolute atomic E-state index is 12.2. The fourth-order valence-corrected chi connectivity index (χ4v) is 3.04. The molecule has 6 nitrogen and oxygen atoms in total.